The Bertz CT molecular complexity index is 599. The van der Waals surface area contributed by atoms with Gasteiger partial charge in [0.2, 0.25) is 0 Å². The van der Waals surface area contributed by atoms with Crippen LogP contribution in [-0.4, -0.2) is 39.5 Å². The molecule has 0 amide bonds. The molecule has 0 aromatic rings. The third-order valence-corrected chi connectivity index (χ3v) is 9.87. The van der Waals surface area contributed by atoms with Gasteiger partial charge < -0.3 is 21.1 Å². The van der Waals surface area contributed by atoms with Crippen LogP contribution in [0.15, 0.2) is 0 Å². The van der Waals surface area contributed by atoms with Gasteiger partial charge in [0.1, 0.15) is 12.3 Å². The van der Waals surface area contributed by atoms with Crippen molar-refractivity contribution < 1.29 is 20.1 Å². The van der Waals surface area contributed by atoms with E-state index in [1.165, 1.54) is 161 Å². The third-order valence-electron chi connectivity index (χ3n) is 9.87. The topological polar surface area (TPSA) is 104 Å². The van der Waals surface area contributed by atoms with Crippen molar-refractivity contribution in [2.45, 2.75) is 244 Å². The van der Waals surface area contributed by atoms with Gasteiger partial charge in [-0.15, -0.1) is 0 Å². The van der Waals surface area contributed by atoms with Crippen LogP contribution in [-0.2, 0) is 4.79 Å². The monoisotopic (exact) mass is 640 g/mol. The quantitative estimate of drug-likeness (QED) is 0.0400. The van der Waals surface area contributed by atoms with Crippen LogP contribution in [0.4, 0.5) is 0 Å². The summed E-state index contributed by atoms with van der Waals surface area (Å²) >= 11 is 0. The van der Waals surface area contributed by atoms with Crippen LogP contribution < -0.4 is 5.73 Å². The molecule has 0 saturated carbocycles. The molecule has 0 spiro atoms. The molecule has 270 valence electrons. The van der Waals surface area contributed by atoms with E-state index in [4.69, 9.17) is 5.73 Å². The van der Waals surface area contributed by atoms with Crippen LogP contribution in [0.5, 0.6) is 0 Å². The van der Waals surface area contributed by atoms with Crippen molar-refractivity contribution in [2.75, 3.05) is 0 Å². The Morgan fingerprint density at radius 2 is 0.667 bits per heavy atom. The van der Waals surface area contributed by atoms with Crippen LogP contribution in [0.1, 0.15) is 226 Å². The Hall–Kier alpha value is -0.490. The summed E-state index contributed by atoms with van der Waals surface area (Å²) in [7, 11) is 0. The van der Waals surface area contributed by atoms with Gasteiger partial charge in [-0.05, 0) is 12.8 Å². The van der Waals surface area contributed by atoms with Gasteiger partial charge in [-0.3, -0.25) is 4.79 Å². The van der Waals surface area contributed by atoms with Crippen LogP contribution in [0.25, 0.3) is 0 Å². The highest BCUT2D eigenvalue weighted by atomic mass is 16.3. The predicted molar refractivity (Wildman–Crippen MR) is 194 cm³/mol. The lowest BCUT2D eigenvalue weighted by Gasteiger charge is -2.26. The Morgan fingerprint density at radius 3 is 0.933 bits per heavy atom. The van der Waals surface area contributed by atoms with E-state index in [1.54, 1.807) is 0 Å². The molecular formula is C40H81NO4. The molecule has 0 radical (unpaired) electrons. The minimum absolute atomic E-state index is 0.381. The number of hydrogen-bond acceptors (Lipinski definition) is 5. The largest absolute Gasteiger partial charge is 0.392 e. The number of unbranched alkanes of at least 4 members (excludes halogenated alkanes) is 29. The summed E-state index contributed by atoms with van der Waals surface area (Å²) in [5.74, 6) is -1.60. The van der Waals surface area contributed by atoms with Gasteiger partial charge in [0, 0.05) is 0 Å². The minimum Gasteiger partial charge on any atom is -0.392 e. The van der Waals surface area contributed by atoms with Crippen LogP contribution in [0.3, 0.4) is 0 Å². The first-order valence-electron chi connectivity index (χ1n) is 20.3. The molecule has 5 N–H and O–H groups in total. The number of carbonyl (C=O) groups excluding carboxylic acids is 1. The van der Waals surface area contributed by atoms with Crippen molar-refractivity contribution in [2.24, 2.45) is 11.7 Å². The SMILES string of the molecule is CCCCCCCCCCCCCCCCCCCCC(O)C(=O)[C@H](C(N)O)[C@H](O)CCCCCCCCCCCCCCC. The molecule has 0 aliphatic carbocycles. The smallest absolute Gasteiger partial charge is 0.170 e. The molecule has 0 fully saturated rings. The molecule has 0 heterocycles. The molecular weight excluding hydrogens is 558 g/mol. The number of carbonyl (C=O) groups is 1. The van der Waals surface area contributed by atoms with E-state index in [-0.39, 0.29) is 0 Å². The zero-order valence-corrected chi connectivity index (χ0v) is 30.5. The van der Waals surface area contributed by atoms with Crippen LogP contribution in [0.2, 0.25) is 0 Å². The van der Waals surface area contributed by atoms with Crippen molar-refractivity contribution in [1.82, 2.24) is 0 Å². The zero-order valence-electron chi connectivity index (χ0n) is 30.5. The second-order valence-corrected chi connectivity index (χ2v) is 14.3. The molecule has 5 heteroatoms. The standard InChI is InChI=1S/C40H81NO4/c1-3-5-7-9-11-13-15-17-18-19-20-21-23-25-27-29-31-33-35-37(43)39(44)38(40(41)45)36(42)34-32-30-28-26-24-22-16-14-12-10-8-6-4-2/h36-38,40,42-43,45H,3-35,41H2,1-2H3/t36-,37?,38-,40?/m1/s1. The lowest BCUT2D eigenvalue weighted by molar-refractivity contribution is -0.140. The summed E-state index contributed by atoms with van der Waals surface area (Å²) in [6.45, 7) is 4.54. The number of rotatable bonds is 37. The van der Waals surface area contributed by atoms with Crippen LogP contribution in [0, 0.1) is 5.92 Å². The Labute approximate surface area is 281 Å². The maximum atomic E-state index is 12.8. The Morgan fingerprint density at radius 1 is 0.422 bits per heavy atom. The van der Waals surface area contributed by atoms with Crippen molar-refractivity contribution in [1.29, 1.82) is 0 Å². The fourth-order valence-electron chi connectivity index (χ4n) is 6.74. The Kier molecular flexibility index (Phi) is 34.5. The molecule has 5 nitrogen and oxygen atoms in total. The first-order valence-corrected chi connectivity index (χ1v) is 20.3. The number of Topliss-reactive ketones (excluding diaryl/α,β-unsaturated/α-hetero) is 1. The summed E-state index contributed by atoms with van der Waals surface area (Å²) in [6.07, 6.45) is 36.9. The number of aliphatic hydroxyl groups is 3. The molecule has 2 unspecified atom stereocenters. The normalized spacial score (nSPS) is 14.4. The van der Waals surface area contributed by atoms with Gasteiger partial charge >= 0.3 is 0 Å². The minimum atomic E-state index is -1.44. The second-order valence-electron chi connectivity index (χ2n) is 14.3. The maximum absolute atomic E-state index is 12.8. The molecule has 0 aromatic heterocycles. The lowest BCUT2D eigenvalue weighted by Crippen LogP contribution is -2.47. The van der Waals surface area contributed by atoms with Gasteiger partial charge in [-0.25, -0.2) is 0 Å². The lowest BCUT2D eigenvalue weighted by atomic mass is 9.87. The number of aliphatic hydroxyl groups excluding tert-OH is 3. The van der Waals surface area contributed by atoms with E-state index in [0.29, 0.717) is 12.8 Å². The highest BCUT2D eigenvalue weighted by Gasteiger charge is 2.34. The summed E-state index contributed by atoms with van der Waals surface area (Å²) in [6, 6.07) is 0. The van der Waals surface area contributed by atoms with E-state index < -0.39 is 30.1 Å². The molecule has 0 aliphatic heterocycles. The third kappa shape index (κ3) is 29.4. The maximum Gasteiger partial charge on any atom is 0.170 e. The van der Waals surface area contributed by atoms with E-state index in [1.807, 2.05) is 0 Å². The summed E-state index contributed by atoms with van der Waals surface area (Å²) in [5, 5.41) is 31.1. The fraction of sp³-hybridized carbons (Fsp3) is 0.975. The number of nitrogens with two attached hydrogens (primary N) is 1. The predicted octanol–water partition coefficient (Wildman–Crippen LogP) is 11.1. The van der Waals surface area contributed by atoms with Gasteiger partial charge in [-0.2, -0.15) is 0 Å². The van der Waals surface area contributed by atoms with Crippen LogP contribution >= 0.6 is 0 Å². The van der Waals surface area contributed by atoms with Gasteiger partial charge in [0.25, 0.3) is 0 Å². The van der Waals surface area contributed by atoms with Crippen molar-refractivity contribution in [3.8, 4) is 0 Å². The first-order chi connectivity index (χ1) is 22.0. The highest BCUT2D eigenvalue weighted by molar-refractivity contribution is 5.86. The zero-order chi connectivity index (χ0) is 33.2. The molecule has 0 saturated heterocycles. The molecule has 4 atom stereocenters. The van der Waals surface area contributed by atoms with Crippen molar-refractivity contribution in [3.63, 3.8) is 0 Å². The van der Waals surface area contributed by atoms with E-state index in [2.05, 4.69) is 13.8 Å². The molecule has 0 aromatic carbocycles. The van der Waals surface area contributed by atoms with Gasteiger partial charge in [0.05, 0.1) is 12.0 Å². The molecule has 45 heavy (non-hydrogen) atoms. The molecule has 0 aliphatic rings. The number of hydrogen-bond donors (Lipinski definition) is 4. The summed E-state index contributed by atoms with van der Waals surface area (Å²) < 4.78 is 0. The first kappa shape index (κ1) is 44.5. The second kappa shape index (κ2) is 34.8. The fourth-order valence-corrected chi connectivity index (χ4v) is 6.74. The van der Waals surface area contributed by atoms with Crippen molar-refractivity contribution in [3.05, 3.63) is 0 Å². The average Bonchev–Trinajstić information content (AvgIpc) is 3.02. The molecule has 0 rings (SSSR count). The average molecular weight is 640 g/mol. The van der Waals surface area contributed by atoms with Gasteiger partial charge in [0.15, 0.2) is 5.78 Å². The summed E-state index contributed by atoms with van der Waals surface area (Å²) in [5.41, 5.74) is 5.68. The highest BCUT2D eigenvalue weighted by Crippen LogP contribution is 2.21. The van der Waals surface area contributed by atoms with E-state index >= 15 is 0 Å². The Balaban J connectivity index is 3.74. The number of ketones is 1. The van der Waals surface area contributed by atoms with E-state index in [0.717, 1.165) is 38.5 Å². The molecule has 0 bridgehead atoms. The summed E-state index contributed by atoms with van der Waals surface area (Å²) in [4.78, 5) is 12.8. The van der Waals surface area contributed by atoms with Gasteiger partial charge in [-0.1, -0.05) is 213 Å². The van der Waals surface area contributed by atoms with Crippen molar-refractivity contribution >= 4 is 5.78 Å². The van der Waals surface area contributed by atoms with E-state index in [9.17, 15) is 20.1 Å².